The first kappa shape index (κ1) is 22.8. The Morgan fingerprint density at radius 2 is 1.71 bits per heavy atom. The van der Waals surface area contributed by atoms with Crippen LogP contribution in [0.4, 0.5) is 0 Å². The molecule has 0 aliphatic carbocycles. The van der Waals surface area contributed by atoms with Crippen molar-refractivity contribution in [1.29, 1.82) is 0 Å². The normalized spacial score (nSPS) is 15.8. The van der Waals surface area contributed by atoms with Crippen molar-refractivity contribution in [2.24, 2.45) is 5.92 Å². The lowest BCUT2D eigenvalue weighted by Crippen LogP contribution is -2.44. The summed E-state index contributed by atoms with van der Waals surface area (Å²) in [6, 6.07) is 16.9. The third-order valence-electron chi connectivity index (χ3n) is 5.74. The van der Waals surface area contributed by atoms with Crippen LogP contribution in [0, 0.1) is 5.92 Å². The van der Waals surface area contributed by atoms with Gasteiger partial charge in [0.15, 0.2) is 0 Å². The Bertz CT molecular complexity index is 830. The fourth-order valence-electron chi connectivity index (χ4n) is 3.82. The van der Waals surface area contributed by atoms with Gasteiger partial charge in [0.05, 0.1) is 7.11 Å². The van der Waals surface area contributed by atoms with E-state index in [2.05, 4.69) is 17.3 Å². The summed E-state index contributed by atoms with van der Waals surface area (Å²) in [5.41, 5.74) is 2.03. The Morgan fingerprint density at radius 3 is 2.35 bits per heavy atom. The number of methoxy groups -OCH3 is 1. The predicted molar refractivity (Wildman–Crippen MR) is 120 cm³/mol. The van der Waals surface area contributed by atoms with Crippen molar-refractivity contribution in [1.82, 2.24) is 10.2 Å². The third kappa shape index (κ3) is 7.40. The molecule has 6 nitrogen and oxygen atoms in total. The topological polar surface area (TPSA) is 67.9 Å². The highest BCUT2D eigenvalue weighted by Crippen LogP contribution is 2.20. The maximum Gasteiger partial charge on any atom is 0.328 e. The van der Waals surface area contributed by atoms with Gasteiger partial charge in [0, 0.05) is 12.8 Å². The van der Waals surface area contributed by atoms with Gasteiger partial charge in [0.2, 0.25) is 5.91 Å². The van der Waals surface area contributed by atoms with Crippen molar-refractivity contribution < 1.29 is 19.1 Å². The molecule has 0 spiro atoms. The Morgan fingerprint density at radius 1 is 1.03 bits per heavy atom. The van der Waals surface area contributed by atoms with E-state index in [1.807, 2.05) is 54.6 Å². The zero-order valence-corrected chi connectivity index (χ0v) is 18.4. The summed E-state index contributed by atoms with van der Waals surface area (Å²) < 4.78 is 10.7. The monoisotopic (exact) mass is 424 g/mol. The maximum atomic E-state index is 12.5. The second-order valence-electron chi connectivity index (χ2n) is 8.22. The number of piperidine rings is 1. The first-order valence-electron chi connectivity index (χ1n) is 10.8. The molecule has 0 aromatic heterocycles. The fraction of sp³-hybridized carbons (Fsp3) is 0.440. The molecule has 0 unspecified atom stereocenters. The van der Waals surface area contributed by atoms with E-state index in [9.17, 15) is 9.59 Å². The molecule has 1 saturated heterocycles. The molecule has 6 heteroatoms. The van der Waals surface area contributed by atoms with Gasteiger partial charge in [-0.25, -0.2) is 4.79 Å². The number of carbonyl (C=O) groups excluding carboxylic acids is 2. The molecular weight excluding hydrogens is 392 g/mol. The average Bonchev–Trinajstić information content (AvgIpc) is 2.80. The van der Waals surface area contributed by atoms with Crippen molar-refractivity contribution in [3.8, 4) is 5.75 Å². The SMILES string of the molecule is COC(=O)[C@H](Cc1ccc(OCc2ccccc2)cc1)NC(=O)CC1CCN(C)CC1. The van der Waals surface area contributed by atoms with Gasteiger partial charge in [-0.2, -0.15) is 0 Å². The number of hydrogen-bond donors (Lipinski definition) is 1. The number of esters is 1. The average molecular weight is 425 g/mol. The lowest BCUT2D eigenvalue weighted by Gasteiger charge is -2.28. The molecule has 31 heavy (non-hydrogen) atoms. The molecule has 1 amide bonds. The van der Waals surface area contributed by atoms with E-state index in [4.69, 9.17) is 9.47 Å². The van der Waals surface area contributed by atoms with Crippen molar-refractivity contribution in [2.75, 3.05) is 27.2 Å². The fourth-order valence-corrected chi connectivity index (χ4v) is 3.82. The molecule has 0 radical (unpaired) electrons. The highest BCUT2D eigenvalue weighted by Gasteiger charge is 2.25. The van der Waals surface area contributed by atoms with Crippen LogP contribution in [0.3, 0.4) is 0 Å². The molecule has 1 aliphatic rings. The standard InChI is InChI=1S/C25H32N2O4/c1-27-14-12-20(13-15-27)17-24(28)26-23(25(29)30-2)16-19-8-10-22(11-9-19)31-18-21-6-4-3-5-7-21/h3-11,20,23H,12-18H2,1-2H3,(H,26,28)/t23-/m0/s1. The Hall–Kier alpha value is -2.86. The van der Waals surface area contributed by atoms with Gasteiger partial charge < -0.3 is 19.7 Å². The third-order valence-corrected chi connectivity index (χ3v) is 5.74. The lowest BCUT2D eigenvalue weighted by molar-refractivity contribution is -0.145. The zero-order valence-electron chi connectivity index (χ0n) is 18.4. The van der Waals surface area contributed by atoms with Gasteiger partial charge in [-0.1, -0.05) is 42.5 Å². The van der Waals surface area contributed by atoms with Crippen molar-refractivity contribution in [3.05, 3.63) is 65.7 Å². The number of likely N-dealkylation sites (tertiary alicyclic amines) is 1. The largest absolute Gasteiger partial charge is 0.489 e. The molecule has 2 aromatic rings. The van der Waals surface area contributed by atoms with E-state index in [1.165, 1.54) is 7.11 Å². The molecule has 3 rings (SSSR count). The van der Waals surface area contributed by atoms with E-state index in [1.54, 1.807) is 0 Å². The molecule has 1 N–H and O–H groups in total. The van der Waals surface area contributed by atoms with E-state index in [0.717, 1.165) is 42.8 Å². The Balaban J connectivity index is 1.52. The molecule has 0 saturated carbocycles. The summed E-state index contributed by atoms with van der Waals surface area (Å²) in [5, 5.41) is 2.88. The highest BCUT2D eigenvalue weighted by atomic mass is 16.5. The number of carbonyl (C=O) groups is 2. The minimum Gasteiger partial charge on any atom is -0.489 e. The summed E-state index contributed by atoms with van der Waals surface area (Å²) in [6.45, 7) is 2.52. The first-order chi connectivity index (χ1) is 15.0. The van der Waals surface area contributed by atoms with E-state index in [0.29, 0.717) is 25.4 Å². The second kappa shape index (κ2) is 11.5. The zero-order chi connectivity index (χ0) is 22.1. The number of rotatable bonds is 9. The summed E-state index contributed by atoms with van der Waals surface area (Å²) in [6.07, 6.45) is 2.85. The number of ether oxygens (including phenoxy) is 2. The van der Waals surface area contributed by atoms with Crippen LogP contribution in [0.1, 0.15) is 30.4 Å². The number of hydrogen-bond acceptors (Lipinski definition) is 5. The van der Waals surface area contributed by atoms with Crippen LogP contribution in [0.15, 0.2) is 54.6 Å². The van der Waals surface area contributed by atoms with Crippen LogP contribution in [0.25, 0.3) is 0 Å². The number of benzene rings is 2. The molecular formula is C25H32N2O4. The predicted octanol–water partition coefficient (Wildman–Crippen LogP) is 3.20. The van der Waals surface area contributed by atoms with E-state index < -0.39 is 12.0 Å². The summed E-state index contributed by atoms with van der Waals surface area (Å²) in [4.78, 5) is 27.1. The van der Waals surface area contributed by atoms with Crippen LogP contribution in [-0.2, 0) is 27.4 Å². The van der Waals surface area contributed by atoms with E-state index >= 15 is 0 Å². The van der Waals surface area contributed by atoms with Gasteiger partial charge in [-0.3, -0.25) is 4.79 Å². The molecule has 166 valence electrons. The summed E-state index contributed by atoms with van der Waals surface area (Å²) in [5.74, 6) is 0.609. The van der Waals surface area contributed by atoms with Crippen molar-refractivity contribution in [2.45, 2.75) is 38.3 Å². The van der Waals surface area contributed by atoms with Crippen LogP contribution in [0.2, 0.25) is 0 Å². The highest BCUT2D eigenvalue weighted by molar-refractivity contribution is 5.84. The minimum atomic E-state index is -0.695. The first-order valence-corrected chi connectivity index (χ1v) is 10.8. The van der Waals surface area contributed by atoms with Crippen molar-refractivity contribution >= 4 is 11.9 Å². The number of nitrogens with zero attached hydrogens (tertiary/aromatic N) is 1. The van der Waals surface area contributed by atoms with Crippen LogP contribution in [-0.4, -0.2) is 50.1 Å². The Labute approximate surface area is 184 Å². The van der Waals surface area contributed by atoms with E-state index in [-0.39, 0.29) is 5.91 Å². The number of nitrogens with one attached hydrogen (secondary N) is 1. The smallest absolute Gasteiger partial charge is 0.328 e. The second-order valence-corrected chi connectivity index (χ2v) is 8.22. The van der Waals surface area contributed by atoms with Gasteiger partial charge in [0.25, 0.3) is 0 Å². The molecule has 1 fully saturated rings. The van der Waals surface area contributed by atoms with Gasteiger partial charge in [-0.05, 0) is 62.2 Å². The van der Waals surface area contributed by atoms with Crippen molar-refractivity contribution in [3.63, 3.8) is 0 Å². The molecule has 1 heterocycles. The molecule has 1 atom stereocenters. The molecule has 0 bridgehead atoms. The molecule has 1 aliphatic heterocycles. The van der Waals surface area contributed by atoms with Gasteiger partial charge in [-0.15, -0.1) is 0 Å². The number of amides is 1. The van der Waals surface area contributed by atoms with Gasteiger partial charge in [0.1, 0.15) is 18.4 Å². The lowest BCUT2D eigenvalue weighted by atomic mass is 9.93. The Kier molecular flexibility index (Phi) is 8.47. The van der Waals surface area contributed by atoms with Crippen LogP contribution >= 0.6 is 0 Å². The summed E-state index contributed by atoms with van der Waals surface area (Å²) in [7, 11) is 3.44. The minimum absolute atomic E-state index is 0.0900. The van der Waals surface area contributed by atoms with Gasteiger partial charge >= 0.3 is 5.97 Å². The summed E-state index contributed by atoms with van der Waals surface area (Å²) >= 11 is 0. The molecule has 2 aromatic carbocycles. The van der Waals surface area contributed by atoms with Crippen LogP contribution < -0.4 is 10.1 Å². The van der Waals surface area contributed by atoms with Crippen LogP contribution in [0.5, 0.6) is 5.75 Å². The quantitative estimate of drug-likeness (QED) is 0.626. The maximum absolute atomic E-state index is 12.5.